The molecule has 3 N–H and O–H groups in total. The van der Waals surface area contributed by atoms with Crippen LogP contribution < -0.4 is 20.4 Å². The van der Waals surface area contributed by atoms with E-state index in [0.29, 0.717) is 98.0 Å². The van der Waals surface area contributed by atoms with Gasteiger partial charge in [-0.15, -0.1) is 0 Å². The lowest BCUT2D eigenvalue weighted by Crippen LogP contribution is -2.49. The summed E-state index contributed by atoms with van der Waals surface area (Å²) in [5, 5.41) is 36.0. The van der Waals surface area contributed by atoms with Crippen molar-refractivity contribution >= 4 is 40.4 Å². The van der Waals surface area contributed by atoms with Gasteiger partial charge in [0.2, 0.25) is 17.7 Å². The van der Waals surface area contributed by atoms with E-state index in [1.807, 2.05) is 38.9 Å². The van der Waals surface area contributed by atoms with Crippen LogP contribution in [0.25, 0.3) is 28.0 Å². The molecule has 3 amide bonds. The number of imide groups is 1. The topological polar surface area (TPSA) is 216 Å². The zero-order valence-corrected chi connectivity index (χ0v) is 36.3. The van der Waals surface area contributed by atoms with Crippen LogP contribution in [0.15, 0.2) is 79.8 Å². The van der Waals surface area contributed by atoms with Crippen molar-refractivity contribution in [3.05, 3.63) is 97.0 Å². The molecule has 1 unspecified atom stereocenters. The number of nitrogens with one attached hydrogen (secondary N) is 2. The second kappa shape index (κ2) is 17.9. The smallest absolute Gasteiger partial charge is 0.249 e. The van der Waals surface area contributed by atoms with Gasteiger partial charge in [-0.3, -0.25) is 24.4 Å². The first-order valence-electron chi connectivity index (χ1n) is 22.6. The number of likely N-dealkylation sites (tertiary alicyclic amines) is 1. The van der Waals surface area contributed by atoms with E-state index < -0.39 is 23.4 Å². The number of halogens is 1. The van der Waals surface area contributed by atoms with Gasteiger partial charge in [-0.2, -0.15) is 15.5 Å². The summed E-state index contributed by atoms with van der Waals surface area (Å²) in [4.78, 5) is 61.9. The minimum Gasteiger partial charge on any atom is -0.389 e. The number of hydrogen-bond donors (Lipinski definition) is 3. The van der Waals surface area contributed by atoms with E-state index >= 15 is 4.39 Å². The number of anilines is 3. The fraction of sp³-hybridized carbons (Fsp3) is 0.404. The number of rotatable bonds is 10. The average molecular weight is 893 g/mol. The van der Waals surface area contributed by atoms with Crippen molar-refractivity contribution in [3.8, 4) is 28.6 Å². The van der Waals surface area contributed by atoms with Crippen LogP contribution >= 0.6 is 0 Å². The van der Waals surface area contributed by atoms with Gasteiger partial charge in [0.05, 0.1) is 53.7 Å². The largest absolute Gasteiger partial charge is 0.389 e. The Balaban J connectivity index is 0.742. The van der Waals surface area contributed by atoms with Gasteiger partial charge in [-0.05, 0) is 81.3 Å². The Morgan fingerprint density at radius 3 is 2.39 bits per heavy atom. The van der Waals surface area contributed by atoms with Crippen LogP contribution in [-0.4, -0.2) is 118 Å². The Labute approximate surface area is 379 Å². The number of carbonyl (C=O) groups excluding carboxylic acids is 3. The van der Waals surface area contributed by atoms with Crippen LogP contribution in [0.5, 0.6) is 0 Å². The number of benzene rings is 1. The molecule has 0 saturated carbocycles. The zero-order valence-electron chi connectivity index (χ0n) is 36.3. The number of carbonyl (C=O) groups is 3. The summed E-state index contributed by atoms with van der Waals surface area (Å²) in [6, 6.07) is 12.2. The van der Waals surface area contributed by atoms with Crippen molar-refractivity contribution in [2.75, 3.05) is 54.4 Å². The maximum absolute atomic E-state index is 15.3. The number of fused-ring (bicyclic) bond motifs is 1. The van der Waals surface area contributed by atoms with Crippen LogP contribution in [0.3, 0.4) is 0 Å². The molecule has 4 aliphatic heterocycles. The molecule has 338 valence electrons. The van der Waals surface area contributed by atoms with Gasteiger partial charge in [0.1, 0.15) is 40.7 Å². The third kappa shape index (κ3) is 8.75. The van der Waals surface area contributed by atoms with Gasteiger partial charge in [0.25, 0.3) is 0 Å². The van der Waals surface area contributed by atoms with E-state index in [-0.39, 0.29) is 30.7 Å². The summed E-state index contributed by atoms with van der Waals surface area (Å²) in [6.07, 6.45) is 16.9. The normalized spacial score (nSPS) is 19.5. The van der Waals surface area contributed by atoms with Crippen LogP contribution in [0.4, 0.5) is 21.6 Å². The van der Waals surface area contributed by atoms with E-state index in [2.05, 4.69) is 36.7 Å². The van der Waals surface area contributed by atoms with Gasteiger partial charge in [-0.1, -0.05) is 0 Å². The first-order valence-corrected chi connectivity index (χ1v) is 22.6. The number of aliphatic hydroxyl groups is 1. The summed E-state index contributed by atoms with van der Waals surface area (Å²) >= 11 is 0. The molecule has 5 aromatic heterocycles. The minimum absolute atomic E-state index is 0.00629. The monoisotopic (exact) mass is 892 g/mol. The van der Waals surface area contributed by atoms with E-state index in [0.717, 1.165) is 48.7 Å². The molecule has 10 rings (SSSR count). The molecule has 4 saturated heterocycles. The highest BCUT2D eigenvalue weighted by Gasteiger charge is 2.37. The van der Waals surface area contributed by atoms with E-state index in [1.54, 1.807) is 53.8 Å². The number of hydrogen-bond acceptors (Lipinski definition) is 14. The Morgan fingerprint density at radius 2 is 1.68 bits per heavy atom. The minimum atomic E-state index is -1.20. The third-order valence-electron chi connectivity index (χ3n) is 13.5. The van der Waals surface area contributed by atoms with Crippen molar-refractivity contribution < 1.29 is 23.9 Å². The Bertz CT molecular complexity index is 2800. The second-order valence-corrected chi connectivity index (χ2v) is 17.7. The standard InChI is InChI=1S/C47H49FN14O4/c48-36-22-34(55-37-4-7-41(63)57-46(37)65)3-5-39(36)58-20-12-47(66,13-21-58)23-42(64)60-18-10-35(11-19-60)61-28-33(27-53-61)38-29-62-44(32(24-49)26-54-62)43(56-38)31-2-6-40(52-25-31)59-16-8-30(9-17-59)45-50-14-1-15-51-45/h1-3,5-6,14-15,22,25-30,35,37,55,66H,4,7-13,16-21,23H2,(H,57,63,65). The molecule has 66 heavy (non-hydrogen) atoms. The van der Waals surface area contributed by atoms with Crippen molar-refractivity contribution in [1.29, 1.82) is 5.26 Å². The lowest BCUT2D eigenvalue weighted by Gasteiger charge is -2.40. The van der Waals surface area contributed by atoms with Crippen LogP contribution in [0.1, 0.15) is 81.1 Å². The van der Waals surface area contributed by atoms with Crippen LogP contribution in [-0.2, 0) is 14.4 Å². The summed E-state index contributed by atoms with van der Waals surface area (Å²) in [5.74, 6) is 0.777. The van der Waals surface area contributed by atoms with Gasteiger partial charge in [0, 0.05) is 93.2 Å². The van der Waals surface area contributed by atoms with Crippen molar-refractivity contribution in [2.24, 2.45) is 0 Å². The van der Waals surface area contributed by atoms with E-state index in [1.165, 1.54) is 6.07 Å². The predicted octanol–water partition coefficient (Wildman–Crippen LogP) is 4.64. The van der Waals surface area contributed by atoms with Crippen LogP contribution in [0.2, 0.25) is 0 Å². The molecule has 1 aromatic carbocycles. The molecule has 9 heterocycles. The number of amides is 3. The lowest BCUT2D eigenvalue weighted by molar-refractivity contribution is -0.139. The molecule has 1 atom stereocenters. The Hall–Kier alpha value is -7.33. The van der Waals surface area contributed by atoms with Gasteiger partial charge >= 0.3 is 0 Å². The zero-order chi connectivity index (χ0) is 45.4. The number of nitriles is 1. The van der Waals surface area contributed by atoms with Crippen LogP contribution in [0, 0.1) is 17.1 Å². The summed E-state index contributed by atoms with van der Waals surface area (Å²) in [7, 11) is 0. The Kier molecular flexibility index (Phi) is 11.6. The molecule has 6 aromatic rings. The highest BCUT2D eigenvalue weighted by Crippen LogP contribution is 2.35. The highest BCUT2D eigenvalue weighted by atomic mass is 19.1. The van der Waals surface area contributed by atoms with Crippen molar-refractivity contribution in [1.82, 2.24) is 49.5 Å². The predicted molar refractivity (Wildman–Crippen MR) is 240 cm³/mol. The molecule has 0 bridgehead atoms. The average Bonchev–Trinajstić information content (AvgIpc) is 4.01. The molecular weight excluding hydrogens is 844 g/mol. The van der Waals surface area contributed by atoms with Gasteiger partial charge < -0.3 is 25.1 Å². The maximum Gasteiger partial charge on any atom is 0.249 e. The number of pyridine rings is 1. The van der Waals surface area contributed by atoms with Gasteiger partial charge in [0.15, 0.2) is 0 Å². The van der Waals surface area contributed by atoms with E-state index in [9.17, 15) is 24.8 Å². The van der Waals surface area contributed by atoms with Crippen molar-refractivity contribution in [2.45, 2.75) is 81.4 Å². The molecule has 0 aliphatic carbocycles. The molecule has 19 heteroatoms. The highest BCUT2D eigenvalue weighted by molar-refractivity contribution is 6.01. The third-order valence-corrected chi connectivity index (χ3v) is 13.5. The number of piperidine rings is 4. The molecule has 4 aliphatic rings. The lowest BCUT2D eigenvalue weighted by atomic mass is 9.87. The summed E-state index contributed by atoms with van der Waals surface area (Å²) in [5.41, 5.74) is 3.41. The van der Waals surface area contributed by atoms with Crippen molar-refractivity contribution in [3.63, 3.8) is 0 Å². The maximum atomic E-state index is 15.3. The summed E-state index contributed by atoms with van der Waals surface area (Å²) < 4.78 is 18.9. The first kappa shape index (κ1) is 42.6. The summed E-state index contributed by atoms with van der Waals surface area (Å²) in [6.45, 7) is 3.48. The SMILES string of the molecule is N#Cc1cnn2cc(-c3cnn(C4CCN(C(=O)CC5(O)CCN(c6ccc(NC7CCC(=O)NC7=O)cc6F)CC5)CC4)c3)nc(-c3ccc(N4CCC(c5ncccn5)CC4)nc3)c12. The molecule has 18 nitrogen and oxygen atoms in total. The second-order valence-electron chi connectivity index (χ2n) is 17.7. The molecule has 4 fully saturated rings. The number of nitrogens with zero attached hydrogens (tertiary/aromatic N) is 12. The Morgan fingerprint density at radius 1 is 0.894 bits per heavy atom. The number of aromatic nitrogens is 8. The fourth-order valence-corrected chi connectivity index (χ4v) is 9.71. The van der Waals surface area contributed by atoms with E-state index in [4.69, 9.17) is 15.1 Å². The van der Waals surface area contributed by atoms with Gasteiger partial charge in [-0.25, -0.2) is 28.8 Å². The molecule has 0 radical (unpaired) electrons. The quantitative estimate of drug-likeness (QED) is 0.160. The first-order chi connectivity index (χ1) is 32.1. The fourth-order valence-electron chi connectivity index (χ4n) is 9.71. The molecule has 0 spiro atoms. The molecular formula is C47H49FN14O4.